The Kier molecular flexibility index (Phi) is 6.01. The van der Waals surface area contributed by atoms with Crippen LogP contribution in [0.2, 0.25) is 0 Å². The van der Waals surface area contributed by atoms with Crippen molar-refractivity contribution in [2.45, 2.75) is 25.3 Å². The SMILES string of the molecule is O=C(Nc1ccc(-c2cc3cc(Br)ccc3[nH]2)cc1)[C@@H]1CCCN1C(=O)Cc1ccccc1. The van der Waals surface area contributed by atoms with Crippen LogP contribution in [0.5, 0.6) is 0 Å². The number of H-pyrrole nitrogens is 1. The lowest BCUT2D eigenvalue weighted by Crippen LogP contribution is -2.43. The van der Waals surface area contributed by atoms with Crippen molar-refractivity contribution in [3.05, 3.63) is 88.9 Å². The predicted molar refractivity (Wildman–Crippen MR) is 135 cm³/mol. The molecule has 2 amide bonds. The van der Waals surface area contributed by atoms with E-state index in [-0.39, 0.29) is 11.8 Å². The maximum Gasteiger partial charge on any atom is 0.247 e. The van der Waals surface area contributed by atoms with Crippen molar-refractivity contribution >= 4 is 44.3 Å². The fourth-order valence-electron chi connectivity index (χ4n) is 4.43. The first-order chi connectivity index (χ1) is 16.1. The molecule has 33 heavy (non-hydrogen) atoms. The highest BCUT2D eigenvalue weighted by atomic mass is 79.9. The van der Waals surface area contributed by atoms with Crippen LogP contribution in [0.1, 0.15) is 18.4 Å². The number of hydrogen-bond acceptors (Lipinski definition) is 2. The molecule has 1 aliphatic rings. The van der Waals surface area contributed by atoms with Gasteiger partial charge in [-0.15, -0.1) is 0 Å². The Morgan fingerprint density at radius 3 is 2.58 bits per heavy atom. The van der Waals surface area contributed by atoms with Crippen molar-refractivity contribution in [3.63, 3.8) is 0 Å². The highest BCUT2D eigenvalue weighted by molar-refractivity contribution is 9.10. The molecule has 6 heteroatoms. The average molecular weight is 502 g/mol. The zero-order valence-corrected chi connectivity index (χ0v) is 19.6. The van der Waals surface area contributed by atoms with Gasteiger partial charge in [-0.2, -0.15) is 0 Å². The quantitative estimate of drug-likeness (QED) is 0.364. The fourth-order valence-corrected chi connectivity index (χ4v) is 4.81. The minimum absolute atomic E-state index is 0.000328. The topological polar surface area (TPSA) is 65.2 Å². The maximum absolute atomic E-state index is 13.0. The van der Waals surface area contributed by atoms with Crippen LogP contribution >= 0.6 is 15.9 Å². The van der Waals surface area contributed by atoms with Gasteiger partial charge in [0, 0.05) is 33.3 Å². The number of likely N-dealkylation sites (tertiary alicyclic amines) is 1. The maximum atomic E-state index is 13.0. The van der Waals surface area contributed by atoms with E-state index < -0.39 is 6.04 Å². The van der Waals surface area contributed by atoms with Crippen LogP contribution in [0.15, 0.2) is 83.3 Å². The zero-order chi connectivity index (χ0) is 22.8. The van der Waals surface area contributed by atoms with Crippen molar-refractivity contribution in [2.75, 3.05) is 11.9 Å². The van der Waals surface area contributed by atoms with E-state index in [9.17, 15) is 9.59 Å². The summed E-state index contributed by atoms with van der Waals surface area (Å²) in [5.74, 6) is -0.128. The van der Waals surface area contributed by atoms with Crippen LogP contribution < -0.4 is 5.32 Å². The summed E-state index contributed by atoms with van der Waals surface area (Å²) < 4.78 is 1.04. The van der Waals surface area contributed by atoms with Crippen LogP contribution in [-0.2, 0) is 16.0 Å². The summed E-state index contributed by atoms with van der Waals surface area (Å²) in [5, 5.41) is 4.13. The van der Waals surface area contributed by atoms with Gasteiger partial charge < -0.3 is 15.2 Å². The lowest BCUT2D eigenvalue weighted by Gasteiger charge is -2.24. The van der Waals surface area contributed by atoms with Crippen molar-refractivity contribution in [1.82, 2.24) is 9.88 Å². The molecule has 0 radical (unpaired) electrons. The third kappa shape index (κ3) is 4.71. The van der Waals surface area contributed by atoms with E-state index in [1.165, 1.54) is 0 Å². The smallest absolute Gasteiger partial charge is 0.247 e. The van der Waals surface area contributed by atoms with Gasteiger partial charge >= 0.3 is 0 Å². The number of nitrogens with zero attached hydrogens (tertiary/aromatic N) is 1. The first-order valence-electron chi connectivity index (χ1n) is 11.1. The van der Waals surface area contributed by atoms with Gasteiger partial charge in [0.25, 0.3) is 0 Å². The largest absolute Gasteiger partial charge is 0.355 e. The predicted octanol–water partition coefficient (Wildman–Crippen LogP) is 5.77. The molecule has 1 fully saturated rings. The highest BCUT2D eigenvalue weighted by Gasteiger charge is 2.33. The molecule has 166 valence electrons. The van der Waals surface area contributed by atoms with E-state index in [1.54, 1.807) is 4.90 Å². The van der Waals surface area contributed by atoms with E-state index in [0.717, 1.165) is 44.3 Å². The molecule has 1 aromatic heterocycles. The minimum Gasteiger partial charge on any atom is -0.355 e. The van der Waals surface area contributed by atoms with Gasteiger partial charge in [0.05, 0.1) is 6.42 Å². The van der Waals surface area contributed by atoms with Gasteiger partial charge in [-0.25, -0.2) is 0 Å². The van der Waals surface area contributed by atoms with Gasteiger partial charge in [-0.05, 0) is 60.4 Å². The van der Waals surface area contributed by atoms with Gasteiger partial charge in [0.1, 0.15) is 6.04 Å². The number of aromatic amines is 1. The van der Waals surface area contributed by atoms with Crippen molar-refractivity contribution in [3.8, 4) is 11.3 Å². The fraction of sp³-hybridized carbons (Fsp3) is 0.185. The lowest BCUT2D eigenvalue weighted by atomic mass is 10.1. The molecule has 0 saturated carbocycles. The number of amides is 2. The molecule has 5 nitrogen and oxygen atoms in total. The molecule has 0 aliphatic carbocycles. The molecule has 1 saturated heterocycles. The van der Waals surface area contributed by atoms with Crippen molar-refractivity contribution < 1.29 is 9.59 Å². The molecule has 0 unspecified atom stereocenters. The number of aromatic nitrogens is 1. The standard InChI is InChI=1S/C27H24BrN3O2/c28-21-10-13-23-20(16-21)17-24(30-23)19-8-11-22(12-9-19)29-27(33)25-7-4-14-31(25)26(32)15-18-5-2-1-3-6-18/h1-3,5-6,8-13,16-17,25,30H,4,7,14-15H2,(H,29,33)/t25-/m0/s1. The number of carbonyl (C=O) groups is 2. The number of anilines is 1. The molecule has 2 heterocycles. The van der Waals surface area contributed by atoms with Gasteiger partial charge in [-0.3, -0.25) is 9.59 Å². The molecule has 1 atom stereocenters. The van der Waals surface area contributed by atoms with Crippen LogP contribution in [0.3, 0.4) is 0 Å². The van der Waals surface area contributed by atoms with Crippen LogP contribution in [0.25, 0.3) is 22.2 Å². The van der Waals surface area contributed by atoms with Gasteiger partial charge in [-0.1, -0.05) is 58.4 Å². The number of benzene rings is 3. The number of nitrogens with one attached hydrogen (secondary N) is 2. The van der Waals surface area contributed by atoms with Crippen LogP contribution in [0.4, 0.5) is 5.69 Å². The van der Waals surface area contributed by atoms with Crippen LogP contribution in [0, 0.1) is 0 Å². The minimum atomic E-state index is -0.423. The van der Waals surface area contributed by atoms with Crippen molar-refractivity contribution in [2.24, 2.45) is 0 Å². The number of carbonyl (C=O) groups excluding carboxylic acids is 2. The summed E-state index contributed by atoms with van der Waals surface area (Å²) in [7, 11) is 0. The molecular weight excluding hydrogens is 478 g/mol. The lowest BCUT2D eigenvalue weighted by molar-refractivity contribution is -0.136. The highest BCUT2D eigenvalue weighted by Crippen LogP contribution is 2.28. The monoisotopic (exact) mass is 501 g/mol. The first kappa shape index (κ1) is 21.5. The van der Waals surface area contributed by atoms with E-state index in [1.807, 2.05) is 66.7 Å². The average Bonchev–Trinajstić information content (AvgIpc) is 3.47. The molecule has 1 aliphatic heterocycles. The summed E-state index contributed by atoms with van der Waals surface area (Å²) in [4.78, 5) is 30.9. The summed E-state index contributed by atoms with van der Waals surface area (Å²) in [6.45, 7) is 0.624. The summed E-state index contributed by atoms with van der Waals surface area (Å²) >= 11 is 3.51. The second kappa shape index (κ2) is 9.24. The van der Waals surface area contributed by atoms with Gasteiger partial charge in [0.2, 0.25) is 11.8 Å². The summed E-state index contributed by atoms with van der Waals surface area (Å²) in [5.41, 5.74) is 4.83. The zero-order valence-electron chi connectivity index (χ0n) is 18.1. The summed E-state index contributed by atoms with van der Waals surface area (Å²) in [6.07, 6.45) is 1.85. The van der Waals surface area contributed by atoms with Gasteiger partial charge in [0.15, 0.2) is 0 Å². The Balaban J connectivity index is 1.25. The Morgan fingerprint density at radius 2 is 1.79 bits per heavy atom. The summed E-state index contributed by atoms with van der Waals surface area (Å²) in [6, 6.07) is 25.3. The molecule has 0 spiro atoms. The number of halogens is 1. The number of hydrogen-bond donors (Lipinski definition) is 2. The van der Waals surface area contributed by atoms with E-state index >= 15 is 0 Å². The molecule has 5 rings (SSSR count). The Bertz CT molecular complexity index is 1300. The number of rotatable bonds is 5. The van der Waals surface area contributed by atoms with E-state index in [0.29, 0.717) is 19.4 Å². The Hall–Kier alpha value is -3.38. The normalized spacial score (nSPS) is 15.7. The third-order valence-electron chi connectivity index (χ3n) is 6.12. The number of fused-ring (bicyclic) bond motifs is 1. The second-order valence-corrected chi connectivity index (χ2v) is 9.30. The molecule has 4 aromatic rings. The van der Waals surface area contributed by atoms with E-state index in [2.05, 4.69) is 38.4 Å². The first-order valence-corrected chi connectivity index (χ1v) is 11.9. The van der Waals surface area contributed by atoms with E-state index in [4.69, 9.17) is 0 Å². The molecule has 3 aromatic carbocycles. The molecular formula is C27H24BrN3O2. The second-order valence-electron chi connectivity index (χ2n) is 8.39. The Morgan fingerprint density at radius 1 is 1.00 bits per heavy atom. The Labute approximate surface area is 200 Å². The third-order valence-corrected chi connectivity index (χ3v) is 6.61. The molecule has 2 N–H and O–H groups in total. The van der Waals surface area contributed by atoms with Crippen LogP contribution in [-0.4, -0.2) is 34.3 Å². The van der Waals surface area contributed by atoms with Crippen molar-refractivity contribution in [1.29, 1.82) is 0 Å². The molecule has 0 bridgehead atoms.